The maximum absolute atomic E-state index is 13.1. The smallest absolute Gasteiger partial charge is 0.279 e. The molecule has 0 saturated heterocycles. The zero-order valence-corrected chi connectivity index (χ0v) is 17.3. The third-order valence-electron chi connectivity index (χ3n) is 4.78. The number of rotatable bonds is 4. The van der Waals surface area contributed by atoms with E-state index in [1.807, 2.05) is 60.7 Å². The van der Waals surface area contributed by atoms with E-state index in [-0.39, 0.29) is 0 Å². The van der Waals surface area contributed by atoms with Gasteiger partial charge < -0.3 is 4.90 Å². The van der Waals surface area contributed by atoms with Crippen LogP contribution in [0.25, 0.3) is 5.70 Å². The Kier molecular flexibility index (Phi) is 6.86. The quantitative estimate of drug-likeness (QED) is 0.498. The fraction of sp³-hybridized carbons (Fsp3) is 0.318. The standard InChI is InChI=1S/C22H22Cl3NO/c23-22(24,25)21(27)26(16-17-10-4-1-5-11-17)20(18-12-6-2-7-13-18)19-14-8-3-9-15-19/h1-2,4-7,10-13H,3,8-9,14-16H2. The largest absolute Gasteiger partial charge is 0.304 e. The van der Waals surface area contributed by atoms with E-state index in [0.717, 1.165) is 42.5 Å². The van der Waals surface area contributed by atoms with Gasteiger partial charge in [0, 0.05) is 0 Å². The second kappa shape index (κ2) is 9.14. The number of carbonyl (C=O) groups excluding carboxylic acids is 1. The Bertz CT molecular complexity index is 789. The van der Waals surface area contributed by atoms with Crippen molar-refractivity contribution < 1.29 is 4.79 Å². The topological polar surface area (TPSA) is 20.3 Å². The molecule has 2 nitrogen and oxygen atoms in total. The van der Waals surface area contributed by atoms with Crippen molar-refractivity contribution in [3.8, 4) is 0 Å². The highest BCUT2D eigenvalue weighted by Crippen LogP contribution is 2.38. The Morgan fingerprint density at radius 2 is 1.41 bits per heavy atom. The summed E-state index contributed by atoms with van der Waals surface area (Å²) in [7, 11) is 0. The molecule has 0 unspecified atom stereocenters. The minimum absolute atomic E-state index is 0.362. The third-order valence-corrected chi connectivity index (χ3v) is 5.27. The summed E-state index contributed by atoms with van der Waals surface area (Å²) in [5.74, 6) is -0.520. The molecular weight excluding hydrogens is 401 g/mol. The molecule has 3 rings (SSSR count). The summed E-state index contributed by atoms with van der Waals surface area (Å²) in [4.78, 5) is 14.8. The summed E-state index contributed by atoms with van der Waals surface area (Å²) in [6, 6.07) is 19.7. The molecule has 0 atom stereocenters. The normalized spacial score (nSPS) is 14.7. The minimum Gasteiger partial charge on any atom is -0.304 e. The number of allylic oxidation sites excluding steroid dienone is 1. The van der Waals surface area contributed by atoms with Gasteiger partial charge in [0.15, 0.2) is 0 Å². The maximum atomic E-state index is 13.1. The van der Waals surface area contributed by atoms with Crippen molar-refractivity contribution in [2.45, 2.75) is 42.4 Å². The van der Waals surface area contributed by atoms with Gasteiger partial charge in [0.2, 0.25) is 0 Å². The molecule has 0 aliphatic heterocycles. The number of hydrogen-bond donors (Lipinski definition) is 0. The van der Waals surface area contributed by atoms with Crippen LogP contribution in [0.4, 0.5) is 0 Å². The Morgan fingerprint density at radius 3 is 1.96 bits per heavy atom. The van der Waals surface area contributed by atoms with Crippen molar-refractivity contribution in [2.75, 3.05) is 0 Å². The van der Waals surface area contributed by atoms with Crippen LogP contribution in [0.15, 0.2) is 66.2 Å². The second-order valence-electron chi connectivity index (χ2n) is 6.75. The van der Waals surface area contributed by atoms with Gasteiger partial charge in [-0.1, -0.05) is 102 Å². The molecule has 1 aliphatic rings. The lowest BCUT2D eigenvalue weighted by atomic mass is 9.90. The van der Waals surface area contributed by atoms with Gasteiger partial charge in [-0.05, 0) is 42.4 Å². The summed E-state index contributed by atoms with van der Waals surface area (Å²) in [6.45, 7) is 0.362. The summed E-state index contributed by atoms with van der Waals surface area (Å²) in [5, 5.41) is 0. The highest BCUT2D eigenvalue weighted by molar-refractivity contribution is 6.76. The molecule has 0 radical (unpaired) electrons. The highest BCUT2D eigenvalue weighted by Gasteiger charge is 2.38. The zero-order valence-electron chi connectivity index (χ0n) is 15.0. The predicted molar refractivity (Wildman–Crippen MR) is 114 cm³/mol. The van der Waals surface area contributed by atoms with Crippen molar-refractivity contribution >= 4 is 46.4 Å². The Morgan fingerprint density at radius 1 is 0.852 bits per heavy atom. The molecular formula is C22H22Cl3NO. The fourth-order valence-electron chi connectivity index (χ4n) is 3.53. The number of alkyl halides is 3. The number of benzene rings is 2. The van der Waals surface area contributed by atoms with Gasteiger partial charge in [0.25, 0.3) is 9.70 Å². The van der Waals surface area contributed by atoms with Crippen LogP contribution in [-0.4, -0.2) is 14.6 Å². The van der Waals surface area contributed by atoms with E-state index in [2.05, 4.69) is 0 Å². The van der Waals surface area contributed by atoms with Crippen LogP contribution in [0, 0.1) is 0 Å². The summed E-state index contributed by atoms with van der Waals surface area (Å²) in [6.07, 6.45) is 5.37. The first kappa shape index (κ1) is 20.3. The van der Waals surface area contributed by atoms with Crippen LogP contribution >= 0.6 is 34.8 Å². The van der Waals surface area contributed by atoms with E-state index in [1.54, 1.807) is 4.90 Å². The van der Waals surface area contributed by atoms with Crippen LogP contribution in [0.3, 0.4) is 0 Å². The Labute approximate surface area is 175 Å². The minimum atomic E-state index is -2.01. The van der Waals surface area contributed by atoms with Gasteiger partial charge >= 0.3 is 0 Å². The van der Waals surface area contributed by atoms with Crippen molar-refractivity contribution in [3.05, 3.63) is 77.4 Å². The van der Waals surface area contributed by atoms with Crippen LogP contribution in [0.5, 0.6) is 0 Å². The molecule has 2 aromatic rings. The third kappa shape index (κ3) is 5.28. The lowest BCUT2D eigenvalue weighted by molar-refractivity contribution is -0.127. The number of hydrogen-bond acceptors (Lipinski definition) is 1. The van der Waals surface area contributed by atoms with Crippen LogP contribution in [0.2, 0.25) is 0 Å². The average molecular weight is 423 g/mol. The van der Waals surface area contributed by atoms with Crippen molar-refractivity contribution in [3.63, 3.8) is 0 Å². The number of carbonyl (C=O) groups is 1. The number of amides is 1. The van der Waals surface area contributed by atoms with Gasteiger partial charge in [-0.25, -0.2) is 0 Å². The van der Waals surface area contributed by atoms with Gasteiger partial charge in [0.1, 0.15) is 0 Å². The van der Waals surface area contributed by atoms with E-state index in [1.165, 1.54) is 12.0 Å². The second-order valence-corrected chi connectivity index (χ2v) is 9.03. The van der Waals surface area contributed by atoms with Crippen molar-refractivity contribution in [1.82, 2.24) is 4.90 Å². The lowest BCUT2D eigenvalue weighted by Crippen LogP contribution is -2.38. The Hall–Kier alpha value is -1.48. The van der Waals surface area contributed by atoms with E-state index in [4.69, 9.17) is 34.8 Å². The number of halogens is 3. The average Bonchev–Trinajstić information content (AvgIpc) is 2.69. The molecule has 1 fully saturated rings. The molecule has 1 aliphatic carbocycles. The van der Waals surface area contributed by atoms with E-state index >= 15 is 0 Å². The lowest BCUT2D eigenvalue weighted by Gasteiger charge is -2.32. The fourth-order valence-corrected chi connectivity index (χ4v) is 3.84. The molecule has 1 amide bonds. The van der Waals surface area contributed by atoms with Gasteiger partial charge in [-0.15, -0.1) is 0 Å². The SMILES string of the molecule is O=C(N(Cc1ccccc1)C(=C1CCCCC1)c1ccccc1)C(Cl)(Cl)Cl. The first-order chi connectivity index (χ1) is 13.0. The monoisotopic (exact) mass is 421 g/mol. The predicted octanol–water partition coefficient (Wildman–Crippen LogP) is 6.76. The van der Waals surface area contributed by atoms with Gasteiger partial charge in [-0.2, -0.15) is 0 Å². The molecule has 0 heterocycles. The molecule has 27 heavy (non-hydrogen) atoms. The zero-order chi connectivity index (χ0) is 19.3. The summed E-state index contributed by atoms with van der Waals surface area (Å²) >= 11 is 18.1. The van der Waals surface area contributed by atoms with Gasteiger partial charge in [0.05, 0.1) is 12.2 Å². The number of nitrogens with zero attached hydrogens (tertiary/aromatic N) is 1. The van der Waals surface area contributed by atoms with Gasteiger partial charge in [-0.3, -0.25) is 4.79 Å². The molecule has 0 N–H and O–H groups in total. The molecule has 0 bridgehead atoms. The maximum Gasteiger partial charge on any atom is 0.279 e. The van der Waals surface area contributed by atoms with Crippen LogP contribution < -0.4 is 0 Å². The van der Waals surface area contributed by atoms with Crippen molar-refractivity contribution in [2.24, 2.45) is 0 Å². The van der Waals surface area contributed by atoms with Crippen LogP contribution in [-0.2, 0) is 11.3 Å². The van der Waals surface area contributed by atoms with Crippen molar-refractivity contribution in [1.29, 1.82) is 0 Å². The molecule has 2 aromatic carbocycles. The highest BCUT2D eigenvalue weighted by atomic mass is 35.6. The molecule has 142 valence electrons. The Balaban J connectivity index is 2.11. The molecule has 1 saturated carbocycles. The molecule has 0 spiro atoms. The molecule has 5 heteroatoms. The first-order valence-electron chi connectivity index (χ1n) is 9.17. The summed E-state index contributed by atoms with van der Waals surface area (Å²) in [5.41, 5.74) is 4.11. The summed E-state index contributed by atoms with van der Waals surface area (Å²) < 4.78 is -2.01. The van der Waals surface area contributed by atoms with E-state index in [9.17, 15) is 4.79 Å². The first-order valence-corrected chi connectivity index (χ1v) is 10.3. The van der Waals surface area contributed by atoms with E-state index < -0.39 is 9.70 Å². The van der Waals surface area contributed by atoms with Crippen LogP contribution in [0.1, 0.15) is 43.2 Å². The molecule has 0 aromatic heterocycles. The van der Waals surface area contributed by atoms with E-state index in [0.29, 0.717) is 6.54 Å².